The maximum absolute atomic E-state index is 9.90. The lowest BCUT2D eigenvalue weighted by molar-refractivity contribution is -0.479. The fraction of sp³-hybridized carbons (Fsp3) is 1.00. The van der Waals surface area contributed by atoms with Crippen molar-refractivity contribution in [1.29, 1.82) is 0 Å². The fourth-order valence-corrected chi connectivity index (χ4v) is 1.90. The van der Waals surface area contributed by atoms with Crippen LogP contribution in [0.2, 0.25) is 6.04 Å². The molecule has 0 heterocycles. The monoisotopic (exact) mass is 179 g/mol. The molecule has 0 aliphatic rings. The first-order valence-electron chi connectivity index (χ1n) is 3.38. The third-order valence-electron chi connectivity index (χ3n) is 1.31. The van der Waals surface area contributed by atoms with Crippen LogP contribution in [-0.4, -0.2) is 35.0 Å². The molecule has 0 aromatic rings. The second kappa shape index (κ2) is 6.26. The van der Waals surface area contributed by atoms with Gasteiger partial charge in [0.05, 0.1) is 0 Å². The van der Waals surface area contributed by atoms with Gasteiger partial charge >= 0.3 is 9.28 Å². The maximum Gasteiger partial charge on any atom is 0.321 e. The molecular formula is C5H13NO4Si. The molecule has 0 rings (SSSR count). The molecule has 0 fully saturated rings. The van der Waals surface area contributed by atoms with E-state index < -0.39 is 9.28 Å². The molecule has 11 heavy (non-hydrogen) atoms. The fourth-order valence-electron chi connectivity index (χ4n) is 0.719. The van der Waals surface area contributed by atoms with Crippen molar-refractivity contribution in [3.05, 3.63) is 10.1 Å². The summed E-state index contributed by atoms with van der Waals surface area (Å²) in [5.41, 5.74) is 0. The quantitative estimate of drug-likeness (QED) is 0.331. The molecule has 5 nitrogen and oxygen atoms in total. The van der Waals surface area contributed by atoms with E-state index in [1.54, 1.807) is 14.2 Å². The summed E-state index contributed by atoms with van der Waals surface area (Å²) in [4.78, 5) is 9.57. The van der Waals surface area contributed by atoms with Crippen LogP contribution in [0, 0.1) is 10.1 Å². The summed E-state index contributed by atoms with van der Waals surface area (Å²) in [7, 11) is 1.60. The molecule has 0 N–H and O–H groups in total. The minimum Gasteiger partial charge on any atom is -0.400 e. The van der Waals surface area contributed by atoms with Crippen LogP contribution >= 0.6 is 0 Å². The Balaban J connectivity index is 3.28. The van der Waals surface area contributed by atoms with Crippen LogP contribution in [0.25, 0.3) is 0 Å². The van der Waals surface area contributed by atoms with Crippen molar-refractivity contribution in [2.24, 2.45) is 0 Å². The highest BCUT2D eigenvalue weighted by molar-refractivity contribution is 6.44. The molecule has 6 heteroatoms. The van der Waals surface area contributed by atoms with Crippen molar-refractivity contribution >= 4 is 9.28 Å². The van der Waals surface area contributed by atoms with Crippen LogP contribution in [0.5, 0.6) is 0 Å². The molecule has 0 bridgehead atoms. The topological polar surface area (TPSA) is 61.6 Å². The van der Waals surface area contributed by atoms with Crippen LogP contribution in [0.15, 0.2) is 0 Å². The second-order valence-electron chi connectivity index (χ2n) is 2.10. The van der Waals surface area contributed by atoms with E-state index in [1.807, 2.05) is 0 Å². The predicted molar refractivity (Wildman–Crippen MR) is 42.5 cm³/mol. The second-order valence-corrected chi connectivity index (χ2v) is 4.48. The van der Waals surface area contributed by atoms with Crippen molar-refractivity contribution in [3.8, 4) is 0 Å². The van der Waals surface area contributed by atoms with Gasteiger partial charge in [-0.15, -0.1) is 0 Å². The van der Waals surface area contributed by atoms with Crippen LogP contribution in [0.3, 0.4) is 0 Å². The van der Waals surface area contributed by atoms with Crippen molar-refractivity contribution in [3.63, 3.8) is 0 Å². The van der Waals surface area contributed by atoms with Crippen molar-refractivity contribution in [2.45, 2.75) is 12.5 Å². The molecule has 66 valence electrons. The van der Waals surface area contributed by atoms with Gasteiger partial charge in [0.2, 0.25) is 6.54 Å². The average molecular weight is 179 g/mol. The summed E-state index contributed by atoms with van der Waals surface area (Å²) in [6, 6.07) is 0.702. The number of nitro groups is 1. The minimum atomic E-state index is -1.56. The molecule has 0 aliphatic carbocycles. The average Bonchev–Trinajstić information content (AvgIpc) is 1.98. The molecule has 0 unspecified atom stereocenters. The van der Waals surface area contributed by atoms with Gasteiger partial charge in [-0.1, -0.05) is 0 Å². The Hall–Kier alpha value is -0.463. The molecule has 0 aromatic carbocycles. The lowest BCUT2D eigenvalue weighted by atomic mass is 10.5. The van der Waals surface area contributed by atoms with Gasteiger partial charge in [-0.3, -0.25) is 10.1 Å². The Morgan fingerprint density at radius 3 is 2.36 bits per heavy atom. The van der Waals surface area contributed by atoms with Crippen LogP contribution in [-0.2, 0) is 8.85 Å². The van der Waals surface area contributed by atoms with E-state index in [2.05, 4.69) is 0 Å². The summed E-state index contributed by atoms with van der Waals surface area (Å²) < 4.78 is 9.95. The van der Waals surface area contributed by atoms with Crippen LogP contribution < -0.4 is 0 Å². The van der Waals surface area contributed by atoms with Gasteiger partial charge in [0.25, 0.3) is 0 Å². The summed E-state index contributed by atoms with van der Waals surface area (Å²) in [6.07, 6.45) is 0.547. The van der Waals surface area contributed by atoms with E-state index >= 15 is 0 Å². The lowest BCUT2D eigenvalue weighted by Gasteiger charge is -2.08. The highest BCUT2D eigenvalue weighted by atomic mass is 28.3. The Kier molecular flexibility index (Phi) is 6.00. The summed E-state index contributed by atoms with van der Waals surface area (Å²) in [5.74, 6) is 0. The first-order valence-corrected chi connectivity index (χ1v) is 5.14. The van der Waals surface area contributed by atoms with E-state index in [4.69, 9.17) is 8.85 Å². The zero-order valence-corrected chi connectivity index (χ0v) is 7.93. The van der Waals surface area contributed by atoms with Gasteiger partial charge in [0.1, 0.15) is 0 Å². The Labute approximate surface area is 67.3 Å². The van der Waals surface area contributed by atoms with Crippen LogP contribution in [0.4, 0.5) is 0 Å². The third kappa shape index (κ3) is 5.96. The molecule has 0 radical (unpaired) electrons. The highest BCUT2D eigenvalue weighted by Crippen LogP contribution is 1.98. The zero-order valence-electron chi connectivity index (χ0n) is 6.78. The van der Waals surface area contributed by atoms with Gasteiger partial charge < -0.3 is 8.85 Å². The maximum atomic E-state index is 9.90. The number of rotatable bonds is 6. The molecular weight excluding hydrogens is 166 g/mol. The number of hydrogen-bond acceptors (Lipinski definition) is 4. The number of nitrogens with zero attached hydrogens (tertiary/aromatic N) is 1. The van der Waals surface area contributed by atoms with E-state index in [0.29, 0.717) is 12.5 Å². The third-order valence-corrected chi connectivity index (χ3v) is 3.24. The normalized spacial score (nSPS) is 10.5. The Bertz CT molecular complexity index is 117. The van der Waals surface area contributed by atoms with Crippen LogP contribution in [0.1, 0.15) is 6.42 Å². The molecule has 0 aliphatic heterocycles. The van der Waals surface area contributed by atoms with Crippen molar-refractivity contribution in [2.75, 3.05) is 20.8 Å². The Morgan fingerprint density at radius 2 is 2.00 bits per heavy atom. The summed E-state index contributed by atoms with van der Waals surface area (Å²) >= 11 is 0. The zero-order chi connectivity index (χ0) is 8.69. The molecule has 0 aromatic heterocycles. The predicted octanol–water partition coefficient (Wildman–Crippen LogP) is 0.166. The molecule has 0 saturated carbocycles. The highest BCUT2D eigenvalue weighted by Gasteiger charge is 2.10. The first kappa shape index (κ1) is 10.5. The van der Waals surface area contributed by atoms with E-state index in [9.17, 15) is 10.1 Å². The van der Waals surface area contributed by atoms with E-state index in [1.165, 1.54) is 0 Å². The van der Waals surface area contributed by atoms with Gasteiger partial charge in [0, 0.05) is 25.6 Å². The van der Waals surface area contributed by atoms with Gasteiger partial charge in [-0.05, 0) is 6.04 Å². The molecule has 0 saturated heterocycles. The summed E-state index contributed by atoms with van der Waals surface area (Å²) in [5, 5.41) is 9.90. The lowest BCUT2D eigenvalue weighted by Crippen LogP contribution is -2.19. The van der Waals surface area contributed by atoms with E-state index in [-0.39, 0.29) is 11.5 Å². The summed E-state index contributed by atoms with van der Waals surface area (Å²) in [6.45, 7) is 0.0101. The Morgan fingerprint density at radius 1 is 1.45 bits per heavy atom. The first-order chi connectivity index (χ1) is 5.20. The van der Waals surface area contributed by atoms with Gasteiger partial charge in [-0.2, -0.15) is 0 Å². The van der Waals surface area contributed by atoms with Gasteiger partial charge in [0.15, 0.2) is 0 Å². The standard InChI is InChI=1S/C5H13NO4Si/c1-9-11(10-2)5-3-4-6(7)8/h11H,3-5H2,1-2H3. The SMILES string of the molecule is CO[SiH](CCC[N+](=O)[O-])OC. The largest absolute Gasteiger partial charge is 0.400 e. The molecule has 0 atom stereocenters. The number of hydrogen-bond donors (Lipinski definition) is 0. The molecule has 0 spiro atoms. The smallest absolute Gasteiger partial charge is 0.321 e. The van der Waals surface area contributed by atoms with Gasteiger partial charge in [-0.25, -0.2) is 0 Å². The van der Waals surface area contributed by atoms with Crippen molar-refractivity contribution in [1.82, 2.24) is 0 Å². The minimum absolute atomic E-state index is 0.0101. The van der Waals surface area contributed by atoms with E-state index in [0.717, 1.165) is 0 Å². The van der Waals surface area contributed by atoms with Crippen molar-refractivity contribution < 1.29 is 13.8 Å². The molecule has 0 amide bonds.